The van der Waals surface area contributed by atoms with Crippen molar-refractivity contribution < 1.29 is 9.53 Å². The van der Waals surface area contributed by atoms with E-state index < -0.39 is 5.54 Å². The van der Waals surface area contributed by atoms with E-state index in [4.69, 9.17) is 10.5 Å². The Bertz CT molecular complexity index is 1050. The zero-order valence-corrected chi connectivity index (χ0v) is 17.4. The molecule has 0 radical (unpaired) electrons. The molecule has 0 amide bonds. The van der Waals surface area contributed by atoms with Gasteiger partial charge in [0.25, 0.3) is 0 Å². The molecule has 0 bridgehead atoms. The van der Waals surface area contributed by atoms with Crippen LogP contribution in [0.1, 0.15) is 12.8 Å². The molecule has 4 rings (SSSR count). The number of anilines is 3. The Kier molecular flexibility index (Phi) is 5.29. The molecule has 0 aliphatic carbocycles. The van der Waals surface area contributed by atoms with Crippen LogP contribution < -0.4 is 16.0 Å². The molecule has 9 nitrogen and oxygen atoms in total. The van der Waals surface area contributed by atoms with Gasteiger partial charge in [0.15, 0.2) is 5.82 Å². The van der Waals surface area contributed by atoms with Crippen molar-refractivity contribution in [3.63, 3.8) is 0 Å². The normalized spacial score (nSPS) is 15.9. The van der Waals surface area contributed by atoms with Crippen LogP contribution in [0.4, 0.5) is 17.5 Å². The molecule has 3 heterocycles. The Hall–Kier alpha value is -2.85. The zero-order chi connectivity index (χ0) is 20.4. The van der Waals surface area contributed by atoms with Gasteiger partial charge in [0.05, 0.1) is 13.3 Å². The summed E-state index contributed by atoms with van der Waals surface area (Å²) < 4.78 is 5.79. The average molecular weight is 458 g/mol. The first kappa shape index (κ1) is 19.5. The highest BCUT2D eigenvalue weighted by Gasteiger charge is 2.39. The molecular formula is C19H20BrN7O2. The monoisotopic (exact) mass is 457 g/mol. The molecule has 1 aliphatic heterocycles. The van der Waals surface area contributed by atoms with Crippen molar-refractivity contribution in [3.05, 3.63) is 41.3 Å². The van der Waals surface area contributed by atoms with Gasteiger partial charge in [0.2, 0.25) is 5.95 Å². The van der Waals surface area contributed by atoms with E-state index in [2.05, 4.69) is 41.2 Å². The summed E-state index contributed by atoms with van der Waals surface area (Å²) >= 11 is 3.47. The number of methoxy groups -OCH3 is 1. The minimum atomic E-state index is -0.960. The van der Waals surface area contributed by atoms with Crippen LogP contribution in [0.2, 0.25) is 0 Å². The maximum absolute atomic E-state index is 11.9. The smallest absolute Gasteiger partial charge is 0.325 e. The van der Waals surface area contributed by atoms with Crippen LogP contribution in [0.15, 0.2) is 41.3 Å². The summed E-state index contributed by atoms with van der Waals surface area (Å²) in [5.74, 6) is 0.762. The summed E-state index contributed by atoms with van der Waals surface area (Å²) in [6.45, 7) is 1.11. The number of nitrogens with zero attached hydrogens (tertiary/aromatic N) is 5. The SMILES string of the molecule is COC(=O)C1(N)CCN(c2ncc3ncnc(Nc4cccc(Br)c4)c3n2)CC1. The van der Waals surface area contributed by atoms with Crippen LogP contribution in [-0.4, -0.2) is 51.6 Å². The number of hydrogen-bond donors (Lipinski definition) is 2. The molecule has 29 heavy (non-hydrogen) atoms. The number of fused-ring (bicyclic) bond motifs is 1. The molecule has 1 fully saturated rings. The number of nitrogens with two attached hydrogens (primary N) is 1. The van der Waals surface area contributed by atoms with Gasteiger partial charge >= 0.3 is 5.97 Å². The molecule has 0 unspecified atom stereocenters. The molecule has 0 saturated carbocycles. The number of hydrogen-bond acceptors (Lipinski definition) is 9. The van der Waals surface area contributed by atoms with Crippen LogP contribution in [-0.2, 0) is 9.53 Å². The van der Waals surface area contributed by atoms with Gasteiger partial charge in [0.1, 0.15) is 22.9 Å². The highest BCUT2D eigenvalue weighted by atomic mass is 79.9. The second-order valence-electron chi connectivity index (χ2n) is 6.90. The topological polar surface area (TPSA) is 119 Å². The van der Waals surface area contributed by atoms with Crippen LogP contribution in [0.25, 0.3) is 11.0 Å². The third-order valence-corrected chi connectivity index (χ3v) is 5.48. The molecule has 0 spiro atoms. The highest BCUT2D eigenvalue weighted by Crippen LogP contribution is 2.27. The summed E-state index contributed by atoms with van der Waals surface area (Å²) in [6, 6.07) is 7.78. The Morgan fingerprint density at radius 1 is 1.28 bits per heavy atom. The average Bonchev–Trinajstić information content (AvgIpc) is 2.74. The van der Waals surface area contributed by atoms with E-state index in [1.807, 2.05) is 29.2 Å². The Morgan fingerprint density at radius 2 is 2.07 bits per heavy atom. The van der Waals surface area contributed by atoms with Crippen LogP contribution in [0, 0.1) is 0 Å². The molecule has 0 atom stereocenters. The molecule has 150 valence electrons. The standard InChI is InChI=1S/C19H20BrN7O2/c1-29-17(28)19(21)5-7-27(8-6-19)18-22-10-14-15(26-18)16(24-11-23-14)25-13-4-2-3-12(20)9-13/h2-4,9-11H,5-8,21H2,1H3,(H,23,24,25). The maximum atomic E-state index is 11.9. The fraction of sp³-hybridized carbons (Fsp3) is 0.316. The first-order valence-corrected chi connectivity index (χ1v) is 9.90. The van der Waals surface area contributed by atoms with Gasteiger partial charge in [-0.05, 0) is 31.0 Å². The van der Waals surface area contributed by atoms with Crippen molar-refractivity contribution in [1.82, 2.24) is 19.9 Å². The third-order valence-electron chi connectivity index (χ3n) is 4.98. The van der Waals surface area contributed by atoms with Gasteiger partial charge in [-0.15, -0.1) is 0 Å². The molecular weight excluding hydrogens is 438 g/mol. The second-order valence-corrected chi connectivity index (χ2v) is 7.81. The number of carbonyl (C=O) groups excluding carboxylic acids is 1. The quantitative estimate of drug-likeness (QED) is 0.568. The number of ether oxygens (including phenoxy) is 1. The molecule has 1 saturated heterocycles. The van der Waals surface area contributed by atoms with E-state index in [1.54, 1.807) is 6.20 Å². The van der Waals surface area contributed by atoms with E-state index in [-0.39, 0.29) is 5.97 Å². The van der Waals surface area contributed by atoms with E-state index in [0.717, 1.165) is 10.2 Å². The lowest BCUT2D eigenvalue weighted by molar-refractivity contribution is -0.147. The van der Waals surface area contributed by atoms with E-state index in [1.165, 1.54) is 13.4 Å². The van der Waals surface area contributed by atoms with Crippen molar-refractivity contribution in [2.75, 3.05) is 30.4 Å². The van der Waals surface area contributed by atoms with Crippen molar-refractivity contribution in [3.8, 4) is 0 Å². The van der Waals surface area contributed by atoms with E-state index in [9.17, 15) is 4.79 Å². The Labute approximate surface area is 175 Å². The number of esters is 1. The first-order chi connectivity index (χ1) is 14.0. The molecule has 1 aliphatic rings. The van der Waals surface area contributed by atoms with Gasteiger partial charge in [-0.1, -0.05) is 22.0 Å². The lowest BCUT2D eigenvalue weighted by atomic mass is 9.89. The van der Waals surface area contributed by atoms with Gasteiger partial charge in [-0.3, -0.25) is 4.79 Å². The largest absolute Gasteiger partial charge is 0.468 e. The number of carbonyl (C=O) groups is 1. The third kappa shape index (κ3) is 3.99. The highest BCUT2D eigenvalue weighted by molar-refractivity contribution is 9.10. The fourth-order valence-electron chi connectivity index (χ4n) is 3.30. The Morgan fingerprint density at radius 3 is 2.79 bits per heavy atom. The number of benzene rings is 1. The molecule has 1 aromatic carbocycles. The predicted molar refractivity (Wildman–Crippen MR) is 113 cm³/mol. The first-order valence-electron chi connectivity index (χ1n) is 9.11. The molecule has 3 N–H and O–H groups in total. The fourth-order valence-corrected chi connectivity index (χ4v) is 3.70. The number of aromatic nitrogens is 4. The van der Waals surface area contributed by atoms with Crippen LogP contribution >= 0.6 is 15.9 Å². The number of rotatable bonds is 4. The lowest BCUT2D eigenvalue weighted by Crippen LogP contribution is -2.56. The van der Waals surface area contributed by atoms with Gasteiger partial charge < -0.3 is 20.7 Å². The van der Waals surface area contributed by atoms with Crippen molar-refractivity contribution in [2.24, 2.45) is 5.73 Å². The molecule has 3 aromatic rings. The Balaban J connectivity index is 1.60. The van der Waals surface area contributed by atoms with Crippen LogP contribution in [0.5, 0.6) is 0 Å². The van der Waals surface area contributed by atoms with Gasteiger partial charge in [0, 0.05) is 23.2 Å². The summed E-state index contributed by atoms with van der Waals surface area (Å²) in [7, 11) is 1.36. The zero-order valence-electron chi connectivity index (χ0n) is 15.8. The number of nitrogens with one attached hydrogen (secondary N) is 1. The second kappa shape index (κ2) is 7.88. The maximum Gasteiger partial charge on any atom is 0.325 e. The molecule has 10 heteroatoms. The minimum absolute atomic E-state index is 0.384. The number of piperidine rings is 1. The van der Waals surface area contributed by atoms with E-state index >= 15 is 0 Å². The lowest BCUT2D eigenvalue weighted by Gasteiger charge is -2.36. The van der Waals surface area contributed by atoms with Gasteiger partial charge in [-0.25, -0.2) is 19.9 Å². The predicted octanol–water partition coefficient (Wildman–Crippen LogP) is 2.40. The number of halogens is 1. The van der Waals surface area contributed by atoms with Crippen molar-refractivity contribution in [2.45, 2.75) is 18.4 Å². The van der Waals surface area contributed by atoms with Crippen LogP contribution in [0.3, 0.4) is 0 Å². The summed E-state index contributed by atoms with van der Waals surface area (Å²) in [6.07, 6.45) is 4.09. The van der Waals surface area contributed by atoms with Crippen molar-refractivity contribution in [1.29, 1.82) is 0 Å². The van der Waals surface area contributed by atoms with Gasteiger partial charge in [-0.2, -0.15) is 0 Å². The summed E-state index contributed by atoms with van der Waals surface area (Å²) in [5, 5.41) is 3.28. The van der Waals surface area contributed by atoms with Crippen molar-refractivity contribution >= 4 is 50.4 Å². The van der Waals surface area contributed by atoms with E-state index in [0.29, 0.717) is 48.7 Å². The summed E-state index contributed by atoms with van der Waals surface area (Å²) in [5.41, 5.74) is 7.37. The summed E-state index contributed by atoms with van der Waals surface area (Å²) in [4.78, 5) is 31.7. The molecule has 2 aromatic heterocycles. The minimum Gasteiger partial charge on any atom is -0.468 e.